The molecule has 1 aromatic carbocycles. The van der Waals surface area contributed by atoms with E-state index in [4.69, 9.17) is 34.8 Å². The summed E-state index contributed by atoms with van der Waals surface area (Å²) >= 11 is 17.8. The smallest absolute Gasteiger partial charge is 0.165 e. The van der Waals surface area contributed by atoms with Crippen LogP contribution in [0.3, 0.4) is 0 Å². The molecule has 0 saturated heterocycles. The molecule has 0 aliphatic heterocycles. The molecular weight excluding hydrogens is 268 g/mol. The van der Waals surface area contributed by atoms with Crippen LogP contribution in [-0.4, -0.2) is 14.8 Å². The van der Waals surface area contributed by atoms with Crippen molar-refractivity contribution < 1.29 is 0 Å². The largest absolute Gasteiger partial charge is 0.313 e. The maximum Gasteiger partial charge on any atom is 0.165 e. The molecule has 0 N–H and O–H groups in total. The highest BCUT2D eigenvalue weighted by Gasteiger charge is 2.14. The van der Waals surface area contributed by atoms with Gasteiger partial charge in [-0.25, -0.2) is 0 Å². The lowest BCUT2D eigenvalue weighted by atomic mass is 10.2. The van der Waals surface area contributed by atoms with Gasteiger partial charge in [-0.3, -0.25) is 0 Å². The summed E-state index contributed by atoms with van der Waals surface area (Å²) in [5, 5.41) is 8.97. The summed E-state index contributed by atoms with van der Waals surface area (Å²) in [5.41, 5.74) is 0.750. The first-order valence-corrected chi connectivity index (χ1v) is 5.82. The van der Waals surface area contributed by atoms with E-state index in [0.717, 1.165) is 5.56 Å². The zero-order valence-corrected chi connectivity index (χ0v) is 10.7. The monoisotopic (exact) mass is 275 g/mol. The van der Waals surface area contributed by atoms with Gasteiger partial charge in [0.05, 0.1) is 15.9 Å². The van der Waals surface area contributed by atoms with Crippen molar-refractivity contribution in [3.8, 4) is 11.4 Å². The molecule has 0 radical (unpaired) electrons. The van der Waals surface area contributed by atoms with Crippen molar-refractivity contribution in [1.82, 2.24) is 14.8 Å². The number of hydrogen-bond donors (Lipinski definition) is 0. The van der Waals surface area contributed by atoms with E-state index in [-0.39, 0.29) is 0 Å². The van der Waals surface area contributed by atoms with Crippen LogP contribution in [0.25, 0.3) is 11.4 Å². The predicted octanol–water partition coefficient (Wildman–Crippen LogP) is 3.53. The van der Waals surface area contributed by atoms with E-state index >= 15 is 0 Å². The topological polar surface area (TPSA) is 30.7 Å². The average Bonchev–Trinajstić information content (AvgIpc) is 2.64. The highest BCUT2D eigenvalue weighted by Crippen LogP contribution is 2.32. The van der Waals surface area contributed by atoms with Crippen LogP contribution in [0, 0.1) is 0 Å². The van der Waals surface area contributed by atoms with Gasteiger partial charge in [0.15, 0.2) is 5.82 Å². The molecule has 0 saturated carbocycles. The highest BCUT2D eigenvalue weighted by molar-refractivity contribution is 6.43. The first kappa shape index (κ1) is 11.7. The summed E-state index contributed by atoms with van der Waals surface area (Å²) in [5.74, 6) is 1.65. The van der Waals surface area contributed by atoms with Crippen LogP contribution in [0.1, 0.15) is 5.82 Å². The predicted molar refractivity (Wildman–Crippen MR) is 66.0 cm³/mol. The third-order valence-electron chi connectivity index (χ3n) is 2.28. The number of aromatic nitrogens is 3. The van der Waals surface area contributed by atoms with Gasteiger partial charge in [0.1, 0.15) is 5.82 Å². The molecule has 0 amide bonds. The Kier molecular flexibility index (Phi) is 3.38. The molecule has 2 rings (SSSR count). The molecule has 0 aliphatic rings. The molecule has 1 heterocycles. The molecule has 16 heavy (non-hydrogen) atoms. The van der Waals surface area contributed by atoms with Gasteiger partial charge in [0.2, 0.25) is 0 Å². The third-order valence-corrected chi connectivity index (χ3v) is 3.33. The second-order valence-electron chi connectivity index (χ2n) is 3.23. The fourth-order valence-corrected chi connectivity index (χ4v) is 2.01. The Bertz CT molecular complexity index is 522. The van der Waals surface area contributed by atoms with Gasteiger partial charge < -0.3 is 4.57 Å². The molecule has 0 atom stereocenters. The van der Waals surface area contributed by atoms with Crippen LogP contribution in [-0.2, 0) is 12.9 Å². The summed E-state index contributed by atoms with van der Waals surface area (Å²) in [6.45, 7) is 0. The number of alkyl halides is 1. The molecule has 0 fully saturated rings. The minimum absolute atomic E-state index is 0.307. The van der Waals surface area contributed by atoms with Gasteiger partial charge in [-0.1, -0.05) is 29.3 Å². The minimum Gasteiger partial charge on any atom is -0.313 e. The summed E-state index contributed by atoms with van der Waals surface area (Å²) in [4.78, 5) is 0. The molecule has 0 unspecified atom stereocenters. The van der Waals surface area contributed by atoms with Gasteiger partial charge in [-0.15, -0.1) is 21.8 Å². The molecule has 6 heteroatoms. The second kappa shape index (κ2) is 4.62. The van der Waals surface area contributed by atoms with Crippen LogP contribution in [0.2, 0.25) is 10.0 Å². The summed E-state index contributed by atoms with van der Waals surface area (Å²) < 4.78 is 1.80. The van der Waals surface area contributed by atoms with E-state index in [1.165, 1.54) is 0 Å². The number of hydrogen-bond acceptors (Lipinski definition) is 2. The highest BCUT2D eigenvalue weighted by atomic mass is 35.5. The number of nitrogens with zero attached hydrogens (tertiary/aromatic N) is 3. The van der Waals surface area contributed by atoms with Gasteiger partial charge in [0, 0.05) is 12.6 Å². The minimum atomic E-state index is 0.307. The fraction of sp³-hybridized carbons (Fsp3) is 0.200. The lowest BCUT2D eigenvalue weighted by molar-refractivity contribution is 0.853. The van der Waals surface area contributed by atoms with Crippen molar-refractivity contribution in [2.24, 2.45) is 7.05 Å². The summed E-state index contributed by atoms with van der Waals surface area (Å²) in [6, 6.07) is 5.39. The maximum absolute atomic E-state index is 6.11. The van der Waals surface area contributed by atoms with E-state index in [1.54, 1.807) is 10.6 Å². The van der Waals surface area contributed by atoms with Crippen LogP contribution < -0.4 is 0 Å². The van der Waals surface area contributed by atoms with Gasteiger partial charge >= 0.3 is 0 Å². The zero-order chi connectivity index (χ0) is 11.7. The first-order valence-electron chi connectivity index (χ1n) is 4.53. The standard InChI is InChI=1S/C10H8Cl3N3/c1-16-8(5-11)14-15-10(16)6-3-2-4-7(12)9(6)13/h2-4H,5H2,1H3. The number of benzene rings is 1. The Morgan fingerprint density at radius 1 is 1.25 bits per heavy atom. The average molecular weight is 277 g/mol. The van der Waals surface area contributed by atoms with Crippen LogP contribution in [0.5, 0.6) is 0 Å². The van der Waals surface area contributed by atoms with E-state index in [9.17, 15) is 0 Å². The Morgan fingerprint density at radius 2 is 2.00 bits per heavy atom. The lowest BCUT2D eigenvalue weighted by Gasteiger charge is -2.05. The molecule has 2 aromatic rings. The van der Waals surface area contributed by atoms with Crippen LogP contribution in [0.15, 0.2) is 18.2 Å². The Hall–Kier alpha value is -0.770. The van der Waals surface area contributed by atoms with Crippen molar-refractivity contribution in [3.63, 3.8) is 0 Å². The van der Waals surface area contributed by atoms with Gasteiger partial charge in [0.25, 0.3) is 0 Å². The Morgan fingerprint density at radius 3 is 2.62 bits per heavy atom. The molecule has 84 valence electrons. The molecule has 3 nitrogen and oxygen atoms in total. The Labute approximate surface area is 108 Å². The van der Waals surface area contributed by atoms with Gasteiger partial charge in [-0.05, 0) is 12.1 Å². The van der Waals surface area contributed by atoms with Crippen LogP contribution in [0.4, 0.5) is 0 Å². The molecular formula is C10H8Cl3N3. The Balaban J connectivity index is 2.59. The van der Waals surface area contributed by atoms with Crippen molar-refractivity contribution in [2.45, 2.75) is 5.88 Å². The first-order chi connectivity index (χ1) is 7.65. The maximum atomic E-state index is 6.11. The second-order valence-corrected chi connectivity index (χ2v) is 4.29. The summed E-state index contributed by atoms with van der Waals surface area (Å²) in [7, 11) is 1.84. The fourth-order valence-electron chi connectivity index (χ4n) is 1.39. The quantitative estimate of drug-likeness (QED) is 0.786. The van der Waals surface area contributed by atoms with Crippen molar-refractivity contribution in [3.05, 3.63) is 34.1 Å². The van der Waals surface area contributed by atoms with E-state index in [0.29, 0.717) is 27.6 Å². The molecule has 0 bridgehead atoms. The van der Waals surface area contributed by atoms with Crippen molar-refractivity contribution >= 4 is 34.8 Å². The van der Waals surface area contributed by atoms with E-state index in [1.807, 2.05) is 19.2 Å². The van der Waals surface area contributed by atoms with Crippen molar-refractivity contribution in [2.75, 3.05) is 0 Å². The van der Waals surface area contributed by atoms with Crippen molar-refractivity contribution in [1.29, 1.82) is 0 Å². The lowest BCUT2D eigenvalue weighted by Crippen LogP contribution is -1.97. The van der Waals surface area contributed by atoms with E-state index in [2.05, 4.69) is 10.2 Å². The zero-order valence-electron chi connectivity index (χ0n) is 8.41. The van der Waals surface area contributed by atoms with E-state index < -0.39 is 0 Å². The summed E-state index contributed by atoms with van der Waals surface area (Å²) in [6.07, 6.45) is 0. The van der Waals surface area contributed by atoms with Gasteiger partial charge in [-0.2, -0.15) is 0 Å². The normalized spacial score (nSPS) is 10.8. The molecule has 0 spiro atoms. The molecule has 0 aliphatic carbocycles. The SMILES string of the molecule is Cn1c(CCl)nnc1-c1cccc(Cl)c1Cl. The third kappa shape index (κ3) is 1.90. The number of halogens is 3. The van der Waals surface area contributed by atoms with Crippen LogP contribution >= 0.6 is 34.8 Å². The molecule has 1 aromatic heterocycles. The number of rotatable bonds is 2.